The molecular formula is C23H31N2O3+. The number of morpholine rings is 1. The zero-order chi connectivity index (χ0) is 19.9. The quantitative estimate of drug-likeness (QED) is 0.766. The number of hydrogen-bond donors (Lipinski definition) is 2. The molecule has 0 saturated carbocycles. The molecule has 28 heavy (non-hydrogen) atoms. The minimum atomic E-state index is -0.0964. The molecule has 1 fully saturated rings. The topological polar surface area (TPSA) is 52.0 Å². The number of nitrogens with one attached hydrogen (secondary N) is 2. The monoisotopic (exact) mass is 383 g/mol. The van der Waals surface area contributed by atoms with Crippen molar-refractivity contribution in [3.05, 3.63) is 64.7 Å². The van der Waals surface area contributed by atoms with Crippen molar-refractivity contribution in [1.82, 2.24) is 5.32 Å². The minimum Gasteiger partial charge on any atom is -0.483 e. The number of carbonyl (C=O) groups is 1. The summed E-state index contributed by atoms with van der Waals surface area (Å²) < 4.78 is 11.3. The molecule has 0 spiro atoms. The van der Waals surface area contributed by atoms with Crippen LogP contribution in [-0.2, 0) is 9.53 Å². The van der Waals surface area contributed by atoms with Crippen LogP contribution >= 0.6 is 0 Å². The molecule has 5 nitrogen and oxygen atoms in total. The third-order valence-electron chi connectivity index (χ3n) is 5.26. The van der Waals surface area contributed by atoms with Gasteiger partial charge in [-0.05, 0) is 37.5 Å². The molecule has 0 aromatic heterocycles. The van der Waals surface area contributed by atoms with Crippen molar-refractivity contribution in [2.24, 2.45) is 0 Å². The highest BCUT2D eigenvalue weighted by atomic mass is 16.5. The zero-order valence-corrected chi connectivity index (χ0v) is 17.1. The van der Waals surface area contributed by atoms with Crippen LogP contribution in [0, 0.1) is 20.8 Å². The molecular weight excluding hydrogens is 352 g/mol. The van der Waals surface area contributed by atoms with Gasteiger partial charge in [0.05, 0.1) is 13.2 Å². The predicted octanol–water partition coefficient (Wildman–Crippen LogP) is 1.76. The van der Waals surface area contributed by atoms with Gasteiger partial charge >= 0.3 is 0 Å². The van der Waals surface area contributed by atoms with E-state index in [2.05, 4.69) is 36.5 Å². The lowest BCUT2D eigenvalue weighted by atomic mass is 10.0. The molecule has 5 heteroatoms. The first kappa shape index (κ1) is 20.4. The van der Waals surface area contributed by atoms with Crippen LogP contribution in [0.4, 0.5) is 0 Å². The highest BCUT2D eigenvalue weighted by Gasteiger charge is 2.23. The summed E-state index contributed by atoms with van der Waals surface area (Å²) in [5.74, 6) is 0.698. The van der Waals surface area contributed by atoms with Gasteiger partial charge in [0, 0.05) is 0 Å². The lowest BCUT2D eigenvalue weighted by Crippen LogP contribution is -3.14. The van der Waals surface area contributed by atoms with E-state index in [4.69, 9.17) is 9.47 Å². The molecule has 2 N–H and O–H groups in total. The van der Waals surface area contributed by atoms with Crippen LogP contribution in [0.5, 0.6) is 5.75 Å². The molecule has 2 aromatic carbocycles. The molecule has 0 aliphatic carbocycles. The number of para-hydroxylation sites is 1. The Morgan fingerprint density at radius 3 is 2.36 bits per heavy atom. The SMILES string of the molecule is Cc1ccc([C@@H](C[NH+]2CCOCC2)NC(=O)COc2c(C)cccc2C)cc1. The van der Waals surface area contributed by atoms with E-state index in [-0.39, 0.29) is 18.6 Å². The molecule has 1 aliphatic heterocycles. The van der Waals surface area contributed by atoms with E-state index in [1.54, 1.807) is 0 Å². The van der Waals surface area contributed by atoms with Gasteiger partial charge in [-0.2, -0.15) is 0 Å². The lowest BCUT2D eigenvalue weighted by molar-refractivity contribution is -0.909. The average molecular weight is 384 g/mol. The number of hydrogen-bond acceptors (Lipinski definition) is 3. The summed E-state index contributed by atoms with van der Waals surface area (Å²) in [4.78, 5) is 14.1. The van der Waals surface area contributed by atoms with Gasteiger partial charge in [-0.3, -0.25) is 4.79 Å². The first-order chi connectivity index (χ1) is 13.5. The molecule has 1 saturated heterocycles. The van der Waals surface area contributed by atoms with E-state index in [0.717, 1.165) is 55.3 Å². The van der Waals surface area contributed by atoms with Crippen LogP contribution in [0.3, 0.4) is 0 Å². The smallest absolute Gasteiger partial charge is 0.258 e. The Balaban J connectivity index is 1.65. The van der Waals surface area contributed by atoms with Crippen LogP contribution in [-0.4, -0.2) is 45.4 Å². The maximum absolute atomic E-state index is 12.7. The fourth-order valence-corrected chi connectivity index (χ4v) is 3.60. The van der Waals surface area contributed by atoms with E-state index >= 15 is 0 Å². The lowest BCUT2D eigenvalue weighted by Gasteiger charge is -2.28. The summed E-state index contributed by atoms with van der Waals surface area (Å²) >= 11 is 0. The van der Waals surface area contributed by atoms with Crippen molar-refractivity contribution in [2.75, 3.05) is 39.5 Å². The summed E-state index contributed by atoms with van der Waals surface area (Å²) in [5, 5.41) is 3.18. The van der Waals surface area contributed by atoms with Crippen molar-refractivity contribution < 1.29 is 19.2 Å². The highest BCUT2D eigenvalue weighted by molar-refractivity contribution is 5.78. The maximum Gasteiger partial charge on any atom is 0.258 e. The average Bonchev–Trinajstić information content (AvgIpc) is 2.68. The molecule has 1 amide bonds. The van der Waals surface area contributed by atoms with E-state index in [0.29, 0.717) is 0 Å². The van der Waals surface area contributed by atoms with Crippen molar-refractivity contribution in [1.29, 1.82) is 0 Å². The van der Waals surface area contributed by atoms with Gasteiger partial charge in [-0.1, -0.05) is 48.0 Å². The second-order valence-electron chi connectivity index (χ2n) is 7.61. The van der Waals surface area contributed by atoms with Gasteiger partial charge in [0.2, 0.25) is 0 Å². The highest BCUT2D eigenvalue weighted by Crippen LogP contribution is 2.22. The van der Waals surface area contributed by atoms with E-state index in [1.165, 1.54) is 10.5 Å². The number of ether oxygens (including phenoxy) is 2. The van der Waals surface area contributed by atoms with Crippen LogP contribution in [0.1, 0.15) is 28.3 Å². The Morgan fingerprint density at radius 1 is 1.07 bits per heavy atom. The standard InChI is InChI=1S/C23H30N2O3/c1-17-7-9-20(10-8-17)21(15-25-11-13-27-14-12-25)24-22(26)16-28-23-18(2)5-4-6-19(23)3/h4-10,21H,11-16H2,1-3H3,(H,24,26)/p+1/t21-/m1/s1. The first-order valence-corrected chi connectivity index (χ1v) is 9.99. The minimum absolute atomic E-state index is 0.0203. The fourth-order valence-electron chi connectivity index (χ4n) is 3.60. The molecule has 1 aliphatic rings. The number of quaternary nitrogens is 1. The summed E-state index contributed by atoms with van der Waals surface area (Å²) in [6.45, 7) is 10.4. The molecule has 1 heterocycles. The maximum atomic E-state index is 12.7. The number of aryl methyl sites for hydroxylation is 3. The number of benzene rings is 2. The molecule has 0 unspecified atom stereocenters. The second kappa shape index (κ2) is 9.71. The summed E-state index contributed by atoms with van der Waals surface area (Å²) in [6.07, 6.45) is 0. The van der Waals surface area contributed by atoms with Gasteiger partial charge in [0.1, 0.15) is 31.4 Å². The van der Waals surface area contributed by atoms with Crippen molar-refractivity contribution >= 4 is 5.91 Å². The van der Waals surface area contributed by atoms with Crippen LogP contribution < -0.4 is 15.0 Å². The molecule has 0 radical (unpaired) electrons. The molecule has 1 atom stereocenters. The van der Waals surface area contributed by atoms with Crippen LogP contribution in [0.25, 0.3) is 0 Å². The fraction of sp³-hybridized carbons (Fsp3) is 0.435. The zero-order valence-electron chi connectivity index (χ0n) is 17.1. The Kier molecular flexibility index (Phi) is 7.06. The Hall–Kier alpha value is -2.37. The van der Waals surface area contributed by atoms with Gasteiger partial charge in [0.15, 0.2) is 6.61 Å². The third-order valence-corrected chi connectivity index (χ3v) is 5.26. The number of amides is 1. The van der Waals surface area contributed by atoms with E-state index in [9.17, 15) is 4.79 Å². The van der Waals surface area contributed by atoms with Gasteiger partial charge in [-0.15, -0.1) is 0 Å². The van der Waals surface area contributed by atoms with Gasteiger partial charge in [0.25, 0.3) is 5.91 Å². The van der Waals surface area contributed by atoms with Crippen molar-refractivity contribution in [3.8, 4) is 5.75 Å². The first-order valence-electron chi connectivity index (χ1n) is 9.99. The van der Waals surface area contributed by atoms with Gasteiger partial charge < -0.3 is 19.7 Å². The third kappa shape index (κ3) is 5.57. The largest absolute Gasteiger partial charge is 0.483 e. The van der Waals surface area contributed by atoms with Crippen LogP contribution in [0.2, 0.25) is 0 Å². The molecule has 2 aromatic rings. The summed E-state index contributed by atoms with van der Waals surface area (Å²) in [6, 6.07) is 14.3. The van der Waals surface area contributed by atoms with Crippen molar-refractivity contribution in [2.45, 2.75) is 26.8 Å². The normalized spacial score (nSPS) is 15.8. The van der Waals surface area contributed by atoms with Crippen molar-refractivity contribution in [3.63, 3.8) is 0 Å². The van der Waals surface area contributed by atoms with E-state index < -0.39 is 0 Å². The van der Waals surface area contributed by atoms with E-state index in [1.807, 2.05) is 32.0 Å². The number of rotatable bonds is 7. The Bertz CT molecular complexity index is 763. The Labute approximate surface area is 167 Å². The molecule has 0 bridgehead atoms. The Morgan fingerprint density at radius 2 is 1.71 bits per heavy atom. The molecule has 150 valence electrons. The summed E-state index contributed by atoms with van der Waals surface area (Å²) in [7, 11) is 0. The summed E-state index contributed by atoms with van der Waals surface area (Å²) in [5.41, 5.74) is 4.43. The predicted molar refractivity (Wildman–Crippen MR) is 110 cm³/mol. The second-order valence-corrected chi connectivity index (χ2v) is 7.61. The van der Waals surface area contributed by atoms with Gasteiger partial charge in [-0.25, -0.2) is 0 Å². The number of carbonyl (C=O) groups excluding carboxylic acids is 1. The van der Waals surface area contributed by atoms with Crippen LogP contribution in [0.15, 0.2) is 42.5 Å². The molecule has 3 rings (SSSR count).